The lowest BCUT2D eigenvalue weighted by Gasteiger charge is -2.39. The second kappa shape index (κ2) is 8.11. The van der Waals surface area contributed by atoms with Crippen LogP contribution in [0.5, 0.6) is 0 Å². The van der Waals surface area contributed by atoms with Crippen LogP contribution in [-0.2, 0) is 19.0 Å². The van der Waals surface area contributed by atoms with Gasteiger partial charge in [0.1, 0.15) is 5.54 Å². The van der Waals surface area contributed by atoms with Crippen LogP contribution in [0.25, 0.3) is 0 Å². The Morgan fingerprint density at radius 2 is 2.19 bits per heavy atom. The molecule has 1 saturated heterocycles. The molecule has 3 unspecified atom stereocenters. The summed E-state index contributed by atoms with van der Waals surface area (Å²) >= 11 is 0. The summed E-state index contributed by atoms with van der Waals surface area (Å²) in [6.45, 7) is 3.76. The molecule has 1 aliphatic heterocycles. The highest BCUT2D eigenvalue weighted by atomic mass is 16.5. The fourth-order valence-electron chi connectivity index (χ4n) is 3.33. The Labute approximate surface area is 127 Å². The summed E-state index contributed by atoms with van der Waals surface area (Å²) in [6.07, 6.45) is 7.31. The SMILES string of the molecule is CCOC(=O)C1(NC)CCCC(OCC2CCCCO2)C1. The molecule has 1 heterocycles. The smallest absolute Gasteiger partial charge is 0.326 e. The average Bonchev–Trinajstić information content (AvgIpc) is 2.54. The summed E-state index contributed by atoms with van der Waals surface area (Å²) in [5.41, 5.74) is -0.577. The Balaban J connectivity index is 1.85. The van der Waals surface area contributed by atoms with Gasteiger partial charge in [-0.1, -0.05) is 0 Å². The minimum atomic E-state index is -0.577. The van der Waals surface area contributed by atoms with Crippen molar-refractivity contribution < 1.29 is 19.0 Å². The minimum absolute atomic E-state index is 0.112. The number of nitrogens with one attached hydrogen (secondary N) is 1. The van der Waals surface area contributed by atoms with E-state index < -0.39 is 5.54 Å². The van der Waals surface area contributed by atoms with Crippen LogP contribution < -0.4 is 5.32 Å². The third-order valence-corrected chi connectivity index (χ3v) is 4.64. The second-order valence-electron chi connectivity index (χ2n) is 6.09. The number of ether oxygens (including phenoxy) is 3. The number of hydrogen-bond acceptors (Lipinski definition) is 5. The van der Waals surface area contributed by atoms with Gasteiger partial charge in [-0.2, -0.15) is 0 Å². The van der Waals surface area contributed by atoms with E-state index >= 15 is 0 Å². The van der Waals surface area contributed by atoms with E-state index in [0.29, 0.717) is 19.6 Å². The topological polar surface area (TPSA) is 56.8 Å². The van der Waals surface area contributed by atoms with Crippen LogP contribution in [0.1, 0.15) is 51.9 Å². The van der Waals surface area contributed by atoms with Crippen molar-refractivity contribution in [2.45, 2.75) is 69.6 Å². The predicted molar refractivity (Wildman–Crippen MR) is 80.2 cm³/mol. The van der Waals surface area contributed by atoms with Crippen molar-refractivity contribution in [3.63, 3.8) is 0 Å². The van der Waals surface area contributed by atoms with Gasteiger partial charge in [-0.05, 0) is 52.5 Å². The summed E-state index contributed by atoms with van der Waals surface area (Å²) in [5, 5.41) is 3.18. The lowest BCUT2D eigenvalue weighted by Crippen LogP contribution is -2.55. The molecule has 1 saturated carbocycles. The van der Waals surface area contributed by atoms with Gasteiger partial charge in [0.15, 0.2) is 0 Å². The van der Waals surface area contributed by atoms with Crippen LogP contribution >= 0.6 is 0 Å². The molecule has 0 amide bonds. The van der Waals surface area contributed by atoms with Crippen LogP contribution in [-0.4, -0.2) is 50.6 Å². The molecule has 0 aromatic carbocycles. The van der Waals surface area contributed by atoms with Gasteiger partial charge in [-0.3, -0.25) is 4.79 Å². The third kappa shape index (κ3) is 4.41. The summed E-state index contributed by atoms with van der Waals surface area (Å²) in [6, 6.07) is 0. The molecule has 3 atom stereocenters. The Hall–Kier alpha value is -0.650. The van der Waals surface area contributed by atoms with Gasteiger partial charge in [-0.25, -0.2) is 0 Å². The molecule has 2 rings (SSSR count). The normalized spacial score (nSPS) is 33.6. The highest BCUT2D eigenvalue weighted by Crippen LogP contribution is 2.31. The maximum atomic E-state index is 12.2. The zero-order chi connectivity index (χ0) is 15.1. The van der Waals surface area contributed by atoms with Crippen molar-refractivity contribution in [1.82, 2.24) is 5.32 Å². The minimum Gasteiger partial charge on any atom is -0.465 e. The summed E-state index contributed by atoms with van der Waals surface area (Å²) in [4.78, 5) is 12.2. The summed E-state index contributed by atoms with van der Waals surface area (Å²) in [7, 11) is 1.84. The van der Waals surface area contributed by atoms with E-state index in [2.05, 4.69) is 5.32 Å². The zero-order valence-corrected chi connectivity index (χ0v) is 13.4. The lowest BCUT2D eigenvalue weighted by molar-refractivity contribution is -0.156. The van der Waals surface area contributed by atoms with Gasteiger partial charge in [0, 0.05) is 13.0 Å². The van der Waals surface area contributed by atoms with Crippen molar-refractivity contribution in [2.75, 3.05) is 26.9 Å². The van der Waals surface area contributed by atoms with Gasteiger partial charge >= 0.3 is 5.97 Å². The Morgan fingerprint density at radius 1 is 1.33 bits per heavy atom. The van der Waals surface area contributed by atoms with E-state index in [4.69, 9.17) is 14.2 Å². The van der Waals surface area contributed by atoms with Gasteiger partial charge in [0.25, 0.3) is 0 Å². The maximum Gasteiger partial charge on any atom is 0.326 e. The first-order valence-corrected chi connectivity index (χ1v) is 8.29. The lowest BCUT2D eigenvalue weighted by atomic mass is 9.80. The van der Waals surface area contributed by atoms with Crippen molar-refractivity contribution in [1.29, 1.82) is 0 Å². The molecule has 0 aromatic heterocycles. The van der Waals surface area contributed by atoms with Gasteiger partial charge in [0.2, 0.25) is 0 Å². The first-order chi connectivity index (χ1) is 10.2. The zero-order valence-electron chi connectivity index (χ0n) is 13.4. The van der Waals surface area contributed by atoms with E-state index in [1.807, 2.05) is 14.0 Å². The van der Waals surface area contributed by atoms with E-state index in [9.17, 15) is 4.79 Å². The molecule has 1 N–H and O–H groups in total. The van der Waals surface area contributed by atoms with E-state index in [0.717, 1.165) is 38.7 Å². The molecule has 0 aromatic rings. The maximum absolute atomic E-state index is 12.2. The molecular formula is C16H29NO4. The molecule has 0 bridgehead atoms. The Bertz CT molecular complexity index is 330. The number of carbonyl (C=O) groups is 1. The van der Waals surface area contributed by atoms with Crippen molar-refractivity contribution in [3.8, 4) is 0 Å². The number of likely N-dealkylation sites (N-methyl/N-ethyl adjacent to an activating group) is 1. The summed E-state index contributed by atoms with van der Waals surface area (Å²) in [5.74, 6) is -0.144. The van der Waals surface area contributed by atoms with Crippen molar-refractivity contribution >= 4 is 5.97 Å². The van der Waals surface area contributed by atoms with Crippen molar-refractivity contribution in [2.24, 2.45) is 0 Å². The molecule has 5 nitrogen and oxygen atoms in total. The molecule has 2 fully saturated rings. The first kappa shape index (κ1) is 16.7. The average molecular weight is 299 g/mol. The van der Waals surface area contributed by atoms with Crippen LogP contribution in [0.4, 0.5) is 0 Å². The van der Waals surface area contributed by atoms with Crippen LogP contribution in [0, 0.1) is 0 Å². The number of carbonyl (C=O) groups excluding carboxylic acids is 1. The van der Waals surface area contributed by atoms with E-state index in [1.54, 1.807) is 0 Å². The van der Waals surface area contributed by atoms with Crippen molar-refractivity contribution in [3.05, 3.63) is 0 Å². The third-order valence-electron chi connectivity index (χ3n) is 4.64. The molecule has 122 valence electrons. The molecular weight excluding hydrogens is 270 g/mol. The highest BCUT2D eigenvalue weighted by Gasteiger charge is 2.43. The Morgan fingerprint density at radius 3 is 2.86 bits per heavy atom. The number of esters is 1. The molecule has 5 heteroatoms. The van der Waals surface area contributed by atoms with Gasteiger partial charge in [0.05, 0.1) is 25.4 Å². The van der Waals surface area contributed by atoms with E-state index in [1.165, 1.54) is 6.42 Å². The quantitative estimate of drug-likeness (QED) is 0.761. The van der Waals surface area contributed by atoms with Crippen LogP contribution in [0.15, 0.2) is 0 Å². The Kier molecular flexibility index (Phi) is 6.45. The molecule has 21 heavy (non-hydrogen) atoms. The van der Waals surface area contributed by atoms with Crippen LogP contribution in [0.2, 0.25) is 0 Å². The first-order valence-electron chi connectivity index (χ1n) is 8.29. The predicted octanol–water partition coefficient (Wildman–Crippen LogP) is 2.04. The van der Waals surface area contributed by atoms with E-state index in [-0.39, 0.29) is 18.2 Å². The second-order valence-corrected chi connectivity index (χ2v) is 6.09. The van der Waals surface area contributed by atoms with Crippen LogP contribution in [0.3, 0.4) is 0 Å². The number of hydrogen-bond donors (Lipinski definition) is 1. The number of rotatable bonds is 6. The molecule has 2 aliphatic rings. The highest BCUT2D eigenvalue weighted by molar-refractivity contribution is 5.81. The monoisotopic (exact) mass is 299 g/mol. The molecule has 0 spiro atoms. The summed E-state index contributed by atoms with van der Waals surface area (Å²) < 4.78 is 17.0. The molecule has 1 aliphatic carbocycles. The fourth-order valence-corrected chi connectivity index (χ4v) is 3.33. The fraction of sp³-hybridized carbons (Fsp3) is 0.938. The van der Waals surface area contributed by atoms with Gasteiger partial charge in [-0.15, -0.1) is 0 Å². The largest absolute Gasteiger partial charge is 0.465 e. The standard InChI is InChI=1S/C16H29NO4/c1-3-19-15(18)16(17-2)9-6-8-13(11-16)21-12-14-7-4-5-10-20-14/h13-14,17H,3-12H2,1-2H3. The molecule has 0 radical (unpaired) electrons. The van der Waals surface area contributed by atoms with Gasteiger partial charge < -0.3 is 19.5 Å².